The first-order chi connectivity index (χ1) is 9.86. The quantitative estimate of drug-likeness (QED) is 0.871. The molecular formula is C18H27NO. The van der Waals surface area contributed by atoms with Crippen LogP contribution in [-0.4, -0.2) is 19.2 Å². The van der Waals surface area contributed by atoms with Crippen molar-refractivity contribution in [1.29, 1.82) is 0 Å². The zero-order valence-electron chi connectivity index (χ0n) is 12.6. The highest BCUT2D eigenvalue weighted by Crippen LogP contribution is 2.33. The lowest BCUT2D eigenvalue weighted by Crippen LogP contribution is -2.36. The first kappa shape index (κ1) is 13.9. The number of hydrogen-bond donors (Lipinski definition) is 1. The van der Waals surface area contributed by atoms with Crippen LogP contribution in [0.4, 0.5) is 0 Å². The van der Waals surface area contributed by atoms with Crippen LogP contribution in [0.1, 0.15) is 56.9 Å². The predicted molar refractivity (Wildman–Crippen MR) is 83.3 cm³/mol. The van der Waals surface area contributed by atoms with Crippen LogP contribution in [0.3, 0.4) is 0 Å². The minimum atomic E-state index is 0.541. The molecule has 0 aromatic heterocycles. The Balaban J connectivity index is 1.45. The predicted octanol–water partition coefficient (Wildman–Crippen LogP) is 4.11. The molecule has 2 aliphatic rings. The summed E-state index contributed by atoms with van der Waals surface area (Å²) in [4.78, 5) is 0. The van der Waals surface area contributed by atoms with Gasteiger partial charge >= 0.3 is 0 Å². The highest BCUT2D eigenvalue weighted by Gasteiger charge is 2.25. The van der Waals surface area contributed by atoms with Gasteiger partial charge in [-0.25, -0.2) is 0 Å². The van der Waals surface area contributed by atoms with E-state index < -0.39 is 0 Å². The second-order valence-corrected chi connectivity index (χ2v) is 6.46. The fourth-order valence-corrected chi connectivity index (χ4v) is 3.77. The molecule has 1 aromatic rings. The maximum absolute atomic E-state index is 5.76. The monoisotopic (exact) mass is 273 g/mol. The average molecular weight is 273 g/mol. The molecule has 3 rings (SSSR count). The molecule has 1 fully saturated rings. The highest BCUT2D eigenvalue weighted by molar-refractivity contribution is 5.39. The summed E-state index contributed by atoms with van der Waals surface area (Å²) in [6.07, 6.45) is 8.34. The van der Waals surface area contributed by atoms with Crippen LogP contribution in [0, 0.1) is 5.92 Å². The van der Waals surface area contributed by atoms with Crippen LogP contribution in [-0.2, 0) is 0 Å². The fourth-order valence-electron chi connectivity index (χ4n) is 3.77. The van der Waals surface area contributed by atoms with Crippen LogP contribution in [0.15, 0.2) is 24.3 Å². The maximum atomic E-state index is 5.76. The van der Waals surface area contributed by atoms with Crippen molar-refractivity contribution >= 4 is 0 Å². The molecule has 0 radical (unpaired) electrons. The molecular weight excluding hydrogens is 246 g/mol. The summed E-state index contributed by atoms with van der Waals surface area (Å²) < 4.78 is 5.76. The molecule has 0 saturated heterocycles. The van der Waals surface area contributed by atoms with Crippen molar-refractivity contribution in [2.24, 2.45) is 5.92 Å². The van der Waals surface area contributed by atoms with Gasteiger partial charge < -0.3 is 10.1 Å². The molecule has 2 heteroatoms. The van der Waals surface area contributed by atoms with Gasteiger partial charge in [0.25, 0.3) is 0 Å². The van der Waals surface area contributed by atoms with Gasteiger partial charge in [-0.3, -0.25) is 0 Å². The largest absolute Gasteiger partial charge is 0.493 e. The summed E-state index contributed by atoms with van der Waals surface area (Å²) in [6.45, 7) is 4.22. The summed E-state index contributed by atoms with van der Waals surface area (Å²) in [5.74, 6) is 2.62. The molecule has 1 saturated carbocycles. The molecule has 0 spiro atoms. The van der Waals surface area contributed by atoms with E-state index in [-0.39, 0.29) is 0 Å². The zero-order valence-corrected chi connectivity index (χ0v) is 12.6. The number of fused-ring (bicyclic) bond motifs is 1. The molecule has 2 nitrogen and oxygen atoms in total. The summed E-state index contributed by atoms with van der Waals surface area (Å²) >= 11 is 0. The topological polar surface area (TPSA) is 21.3 Å². The molecule has 1 aromatic carbocycles. The standard InChI is InChI=1S/C18H27NO/c1-2-5-14-8-10-16(11-9-14)19-12-15-13-20-18-7-4-3-6-17(15)18/h3-4,6-7,14-16,19H,2,5,8-13H2,1H3. The molecule has 110 valence electrons. The van der Waals surface area contributed by atoms with Crippen LogP contribution in [0.5, 0.6) is 5.75 Å². The molecule has 1 unspecified atom stereocenters. The number of para-hydroxylation sites is 1. The van der Waals surface area contributed by atoms with Gasteiger partial charge in [0, 0.05) is 24.1 Å². The SMILES string of the molecule is CCCC1CCC(NCC2COc3ccccc32)CC1. The van der Waals surface area contributed by atoms with E-state index in [0.717, 1.165) is 30.9 Å². The Morgan fingerprint density at radius 2 is 1.95 bits per heavy atom. The minimum Gasteiger partial charge on any atom is -0.493 e. The number of ether oxygens (including phenoxy) is 1. The van der Waals surface area contributed by atoms with E-state index in [2.05, 4.69) is 36.5 Å². The van der Waals surface area contributed by atoms with Crippen LogP contribution < -0.4 is 10.1 Å². The average Bonchev–Trinajstić information content (AvgIpc) is 2.90. The smallest absolute Gasteiger partial charge is 0.122 e. The van der Waals surface area contributed by atoms with Gasteiger partial charge in [0.05, 0.1) is 6.61 Å². The third-order valence-electron chi connectivity index (χ3n) is 5.00. The lowest BCUT2D eigenvalue weighted by atomic mass is 9.83. The van der Waals surface area contributed by atoms with E-state index in [9.17, 15) is 0 Å². The van der Waals surface area contributed by atoms with Gasteiger partial charge in [0.15, 0.2) is 0 Å². The Labute approximate surface area is 122 Å². The Bertz CT molecular complexity index is 423. The second-order valence-electron chi connectivity index (χ2n) is 6.46. The third kappa shape index (κ3) is 3.17. The molecule has 0 amide bonds. The minimum absolute atomic E-state index is 0.541. The maximum Gasteiger partial charge on any atom is 0.122 e. The molecule has 20 heavy (non-hydrogen) atoms. The summed E-state index contributed by atoms with van der Waals surface area (Å²) in [7, 11) is 0. The van der Waals surface area contributed by atoms with Crippen LogP contribution in [0.25, 0.3) is 0 Å². The van der Waals surface area contributed by atoms with Crippen LogP contribution >= 0.6 is 0 Å². The lowest BCUT2D eigenvalue weighted by Gasteiger charge is -2.29. The highest BCUT2D eigenvalue weighted by atomic mass is 16.5. The second kappa shape index (κ2) is 6.62. The fraction of sp³-hybridized carbons (Fsp3) is 0.667. The van der Waals surface area contributed by atoms with Gasteiger partial charge in [0.1, 0.15) is 5.75 Å². The summed E-state index contributed by atoms with van der Waals surface area (Å²) in [5.41, 5.74) is 1.39. The first-order valence-corrected chi connectivity index (χ1v) is 8.32. The van der Waals surface area contributed by atoms with E-state index in [0.29, 0.717) is 5.92 Å². The Hall–Kier alpha value is -1.02. The molecule has 1 aliphatic carbocycles. The number of rotatable bonds is 5. The number of nitrogens with one attached hydrogen (secondary N) is 1. The van der Waals surface area contributed by atoms with Crippen molar-refractivity contribution in [3.05, 3.63) is 29.8 Å². The first-order valence-electron chi connectivity index (χ1n) is 8.32. The van der Waals surface area contributed by atoms with E-state index in [1.54, 1.807) is 0 Å². The van der Waals surface area contributed by atoms with Gasteiger partial charge in [-0.15, -0.1) is 0 Å². The number of hydrogen-bond acceptors (Lipinski definition) is 2. The van der Waals surface area contributed by atoms with Crippen molar-refractivity contribution in [3.8, 4) is 5.75 Å². The van der Waals surface area contributed by atoms with Gasteiger partial charge in [-0.2, -0.15) is 0 Å². The van der Waals surface area contributed by atoms with Crippen molar-refractivity contribution in [2.75, 3.05) is 13.2 Å². The Morgan fingerprint density at radius 3 is 2.75 bits per heavy atom. The Morgan fingerprint density at radius 1 is 1.15 bits per heavy atom. The molecule has 1 aliphatic heterocycles. The number of benzene rings is 1. The molecule has 1 N–H and O–H groups in total. The zero-order chi connectivity index (χ0) is 13.8. The van der Waals surface area contributed by atoms with Gasteiger partial charge in [0.2, 0.25) is 0 Å². The van der Waals surface area contributed by atoms with Gasteiger partial charge in [-0.1, -0.05) is 38.0 Å². The van der Waals surface area contributed by atoms with Crippen molar-refractivity contribution in [2.45, 2.75) is 57.4 Å². The van der Waals surface area contributed by atoms with Crippen molar-refractivity contribution in [3.63, 3.8) is 0 Å². The van der Waals surface area contributed by atoms with Crippen molar-refractivity contribution < 1.29 is 4.74 Å². The van der Waals surface area contributed by atoms with Gasteiger partial charge in [-0.05, 0) is 37.7 Å². The lowest BCUT2D eigenvalue weighted by molar-refractivity contribution is 0.267. The normalized spacial score (nSPS) is 28.9. The summed E-state index contributed by atoms with van der Waals surface area (Å²) in [5, 5.41) is 3.79. The molecule has 1 atom stereocenters. The third-order valence-corrected chi connectivity index (χ3v) is 5.00. The summed E-state index contributed by atoms with van der Waals surface area (Å²) in [6, 6.07) is 9.22. The van der Waals surface area contributed by atoms with E-state index in [4.69, 9.17) is 4.74 Å². The van der Waals surface area contributed by atoms with Crippen molar-refractivity contribution in [1.82, 2.24) is 5.32 Å². The van der Waals surface area contributed by atoms with E-state index in [1.807, 2.05) is 0 Å². The van der Waals surface area contributed by atoms with Crippen LogP contribution in [0.2, 0.25) is 0 Å². The molecule has 0 bridgehead atoms. The van der Waals surface area contributed by atoms with E-state index >= 15 is 0 Å². The molecule has 1 heterocycles. The van der Waals surface area contributed by atoms with E-state index in [1.165, 1.54) is 44.1 Å². The Kier molecular flexibility index (Phi) is 4.62.